The maximum Gasteiger partial charge on any atom is 0.253 e. The van der Waals surface area contributed by atoms with E-state index in [4.69, 9.17) is 5.73 Å². The second-order valence-electron chi connectivity index (χ2n) is 5.85. The molecule has 0 unspecified atom stereocenters. The fraction of sp³-hybridized carbons (Fsp3) is 0.500. The lowest BCUT2D eigenvalue weighted by molar-refractivity contribution is 0.0954. The third kappa shape index (κ3) is 4.79. The average Bonchev–Trinajstić information content (AvgIpc) is 2.55. The summed E-state index contributed by atoms with van der Waals surface area (Å²) in [6, 6.07) is 5.47. The highest BCUT2D eigenvalue weighted by Crippen LogP contribution is 2.22. The topological polar surface area (TPSA) is 67.2 Å². The maximum atomic E-state index is 12.2. The molecule has 0 aliphatic heterocycles. The van der Waals surface area contributed by atoms with Crippen molar-refractivity contribution in [2.45, 2.75) is 45.4 Å². The molecule has 0 bridgehead atoms. The van der Waals surface area contributed by atoms with Crippen molar-refractivity contribution in [2.75, 3.05) is 24.1 Å². The van der Waals surface area contributed by atoms with Crippen LogP contribution >= 0.6 is 0 Å². The van der Waals surface area contributed by atoms with E-state index >= 15 is 0 Å². The standard InChI is InChI=1S/C18H27N3O/c1-2-11-21-18(22)16-13-15(19)8-9-17(16)20-12-10-14-6-4-3-5-7-14/h6,8-9,13,20H,2-5,7,10-12,19H2,1H3,(H,21,22). The van der Waals surface area contributed by atoms with E-state index in [1.165, 1.54) is 31.3 Å². The highest BCUT2D eigenvalue weighted by atomic mass is 16.1. The summed E-state index contributed by atoms with van der Waals surface area (Å²) < 4.78 is 0. The van der Waals surface area contributed by atoms with Crippen LogP contribution in [0.4, 0.5) is 11.4 Å². The molecule has 0 saturated heterocycles. The molecule has 1 amide bonds. The van der Waals surface area contributed by atoms with Crippen molar-refractivity contribution in [1.29, 1.82) is 0 Å². The van der Waals surface area contributed by atoms with E-state index in [1.807, 2.05) is 19.1 Å². The van der Waals surface area contributed by atoms with Gasteiger partial charge in [-0.1, -0.05) is 18.6 Å². The summed E-state index contributed by atoms with van der Waals surface area (Å²) in [5, 5.41) is 6.30. The quantitative estimate of drug-likeness (QED) is 0.531. The van der Waals surface area contributed by atoms with E-state index in [1.54, 1.807) is 6.07 Å². The van der Waals surface area contributed by atoms with Crippen LogP contribution in [0.25, 0.3) is 0 Å². The predicted molar refractivity (Wildman–Crippen MR) is 93.1 cm³/mol. The third-order valence-electron chi connectivity index (χ3n) is 3.97. The summed E-state index contributed by atoms with van der Waals surface area (Å²) in [5.74, 6) is -0.0615. The molecule has 1 aliphatic carbocycles. The Morgan fingerprint density at radius 1 is 1.27 bits per heavy atom. The Labute approximate surface area is 133 Å². The van der Waals surface area contributed by atoms with Crippen molar-refractivity contribution in [2.24, 2.45) is 0 Å². The molecule has 0 heterocycles. The fourth-order valence-corrected chi connectivity index (χ4v) is 2.73. The second kappa shape index (κ2) is 8.47. The van der Waals surface area contributed by atoms with Crippen molar-refractivity contribution < 1.29 is 4.79 Å². The molecule has 4 N–H and O–H groups in total. The van der Waals surface area contributed by atoms with Gasteiger partial charge < -0.3 is 16.4 Å². The van der Waals surface area contributed by atoms with Crippen molar-refractivity contribution in [3.05, 3.63) is 35.4 Å². The molecule has 120 valence electrons. The first-order valence-corrected chi connectivity index (χ1v) is 8.30. The summed E-state index contributed by atoms with van der Waals surface area (Å²) in [7, 11) is 0. The largest absolute Gasteiger partial charge is 0.399 e. The summed E-state index contributed by atoms with van der Waals surface area (Å²) in [6.07, 6.45) is 9.37. The zero-order valence-electron chi connectivity index (χ0n) is 13.5. The van der Waals surface area contributed by atoms with E-state index in [-0.39, 0.29) is 5.91 Å². The number of nitrogens with one attached hydrogen (secondary N) is 2. The van der Waals surface area contributed by atoms with Crippen molar-refractivity contribution >= 4 is 17.3 Å². The van der Waals surface area contributed by atoms with Gasteiger partial charge in [-0.3, -0.25) is 4.79 Å². The lowest BCUT2D eigenvalue weighted by Crippen LogP contribution is -2.25. The van der Waals surface area contributed by atoms with Crippen LogP contribution in [0.5, 0.6) is 0 Å². The molecule has 0 fully saturated rings. The lowest BCUT2D eigenvalue weighted by Gasteiger charge is -2.15. The molecule has 1 aliphatic rings. The summed E-state index contributed by atoms with van der Waals surface area (Å²) in [6.45, 7) is 3.57. The van der Waals surface area contributed by atoms with Gasteiger partial charge in [0.05, 0.1) is 5.56 Å². The number of carbonyl (C=O) groups is 1. The molecule has 0 spiro atoms. The second-order valence-corrected chi connectivity index (χ2v) is 5.85. The number of amides is 1. The van der Waals surface area contributed by atoms with Crippen LogP contribution in [0.3, 0.4) is 0 Å². The Hall–Kier alpha value is -1.97. The molecule has 0 aromatic heterocycles. The molecule has 4 heteroatoms. The van der Waals surface area contributed by atoms with E-state index in [2.05, 4.69) is 16.7 Å². The zero-order valence-corrected chi connectivity index (χ0v) is 13.5. The Kier molecular flexibility index (Phi) is 6.31. The molecular weight excluding hydrogens is 274 g/mol. The van der Waals surface area contributed by atoms with Gasteiger partial charge in [0.25, 0.3) is 5.91 Å². The van der Waals surface area contributed by atoms with Gasteiger partial charge in [0.2, 0.25) is 0 Å². The minimum absolute atomic E-state index is 0.0615. The van der Waals surface area contributed by atoms with Gasteiger partial charge in [0.15, 0.2) is 0 Å². The number of rotatable bonds is 7. The van der Waals surface area contributed by atoms with E-state index < -0.39 is 0 Å². The van der Waals surface area contributed by atoms with Crippen LogP contribution in [0, 0.1) is 0 Å². The van der Waals surface area contributed by atoms with Crippen molar-refractivity contribution in [3.8, 4) is 0 Å². The maximum absolute atomic E-state index is 12.2. The van der Waals surface area contributed by atoms with Gasteiger partial charge >= 0.3 is 0 Å². The molecule has 1 aromatic rings. The fourth-order valence-electron chi connectivity index (χ4n) is 2.73. The zero-order chi connectivity index (χ0) is 15.8. The van der Waals surface area contributed by atoms with Gasteiger partial charge in [-0.2, -0.15) is 0 Å². The Morgan fingerprint density at radius 3 is 2.86 bits per heavy atom. The smallest absolute Gasteiger partial charge is 0.253 e. The highest BCUT2D eigenvalue weighted by molar-refractivity contribution is 6.00. The van der Waals surface area contributed by atoms with Gasteiger partial charge in [0.1, 0.15) is 0 Å². The van der Waals surface area contributed by atoms with E-state index in [9.17, 15) is 4.79 Å². The molecular formula is C18H27N3O. The predicted octanol–water partition coefficient (Wildman–Crippen LogP) is 3.71. The number of nitrogen functional groups attached to an aromatic ring is 1. The van der Waals surface area contributed by atoms with Gasteiger partial charge in [-0.15, -0.1) is 0 Å². The van der Waals surface area contributed by atoms with Crippen LogP contribution in [0.2, 0.25) is 0 Å². The Morgan fingerprint density at radius 2 is 2.14 bits per heavy atom. The van der Waals surface area contributed by atoms with E-state index in [0.717, 1.165) is 25.1 Å². The number of carbonyl (C=O) groups excluding carboxylic acids is 1. The number of hydrogen-bond donors (Lipinski definition) is 3. The molecule has 0 saturated carbocycles. The van der Waals surface area contributed by atoms with Crippen LogP contribution in [0.15, 0.2) is 29.8 Å². The SMILES string of the molecule is CCCNC(=O)c1cc(N)ccc1NCCC1=CCCCC1. The number of hydrogen-bond acceptors (Lipinski definition) is 3. The van der Waals surface area contributed by atoms with Gasteiger partial charge in [-0.25, -0.2) is 0 Å². The first-order valence-electron chi connectivity index (χ1n) is 8.30. The average molecular weight is 301 g/mol. The van der Waals surface area contributed by atoms with Crippen molar-refractivity contribution in [1.82, 2.24) is 5.32 Å². The molecule has 4 nitrogen and oxygen atoms in total. The van der Waals surface area contributed by atoms with Crippen LogP contribution < -0.4 is 16.4 Å². The summed E-state index contributed by atoms with van der Waals surface area (Å²) in [4.78, 5) is 12.2. The van der Waals surface area contributed by atoms with Crippen molar-refractivity contribution in [3.63, 3.8) is 0 Å². The summed E-state index contributed by atoms with van der Waals surface area (Å²) >= 11 is 0. The van der Waals surface area contributed by atoms with Crippen LogP contribution in [0.1, 0.15) is 55.8 Å². The monoisotopic (exact) mass is 301 g/mol. The Bertz CT molecular complexity index is 537. The van der Waals surface area contributed by atoms with Gasteiger partial charge in [0, 0.05) is 24.5 Å². The van der Waals surface area contributed by atoms with Crippen LogP contribution in [-0.4, -0.2) is 19.0 Å². The first kappa shape index (κ1) is 16.4. The minimum Gasteiger partial charge on any atom is -0.399 e. The summed E-state index contributed by atoms with van der Waals surface area (Å²) in [5.41, 5.74) is 9.46. The molecule has 0 radical (unpaired) electrons. The Balaban J connectivity index is 1.97. The van der Waals surface area contributed by atoms with Crippen LogP contribution in [-0.2, 0) is 0 Å². The number of benzene rings is 1. The highest BCUT2D eigenvalue weighted by Gasteiger charge is 2.11. The normalized spacial score (nSPS) is 14.3. The third-order valence-corrected chi connectivity index (χ3v) is 3.97. The number of allylic oxidation sites excluding steroid dienone is 1. The first-order chi connectivity index (χ1) is 10.7. The number of anilines is 2. The molecule has 2 rings (SSSR count). The minimum atomic E-state index is -0.0615. The van der Waals surface area contributed by atoms with E-state index in [0.29, 0.717) is 17.8 Å². The number of nitrogens with two attached hydrogens (primary N) is 1. The lowest BCUT2D eigenvalue weighted by atomic mass is 9.97. The molecule has 1 aromatic carbocycles. The molecule has 22 heavy (non-hydrogen) atoms. The van der Waals surface area contributed by atoms with Gasteiger partial charge in [-0.05, 0) is 56.7 Å². The molecule has 0 atom stereocenters.